The van der Waals surface area contributed by atoms with E-state index in [0.717, 1.165) is 16.7 Å². The maximum Gasteiger partial charge on any atom is 0.0764 e. The van der Waals surface area contributed by atoms with Gasteiger partial charge in [0.2, 0.25) is 0 Å². The van der Waals surface area contributed by atoms with Crippen LogP contribution in [0.15, 0.2) is 83.5 Å². The predicted molar refractivity (Wildman–Crippen MR) is 93.5 cm³/mol. The second-order valence-electron chi connectivity index (χ2n) is 5.08. The molecule has 1 atom stereocenters. The molecule has 0 saturated heterocycles. The van der Waals surface area contributed by atoms with Crippen molar-refractivity contribution in [1.29, 1.82) is 0 Å². The molecule has 2 aromatic carbocycles. The quantitative estimate of drug-likeness (QED) is 0.718. The summed E-state index contributed by atoms with van der Waals surface area (Å²) in [5.74, 6) is 0. The molecule has 22 heavy (non-hydrogen) atoms. The molecule has 0 radical (unpaired) electrons. The summed E-state index contributed by atoms with van der Waals surface area (Å²) in [6.45, 7) is 0.795. The molecule has 0 saturated carbocycles. The van der Waals surface area contributed by atoms with E-state index in [9.17, 15) is 0 Å². The maximum absolute atomic E-state index is 4.53. The molecule has 3 rings (SSSR count). The van der Waals surface area contributed by atoms with Crippen LogP contribution in [-0.4, -0.2) is 4.98 Å². The molecule has 0 aliphatic heterocycles. The van der Waals surface area contributed by atoms with Gasteiger partial charge in [0.05, 0.1) is 11.7 Å². The number of nitrogens with zero attached hydrogens (tertiary/aromatic N) is 1. The van der Waals surface area contributed by atoms with Gasteiger partial charge in [0.15, 0.2) is 0 Å². The van der Waals surface area contributed by atoms with Crippen LogP contribution >= 0.6 is 15.9 Å². The number of nitrogens with one attached hydrogen (secondary N) is 1. The van der Waals surface area contributed by atoms with Crippen LogP contribution in [0.1, 0.15) is 22.9 Å². The average molecular weight is 353 g/mol. The SMILES string of the molecule is Brc1ccccc1[C@H](NCc1ccccc1)c1ccccn1. The van der Waals surface area contributed by atoms with Crippen molar-refractivity contribution < 1.29 is 0 Å². The van der Waals surface area contributed by atoms with Crippen LogP contribution in [0, 0.1) is 0 Å². The van der Waals surface area contributed by atoms with E-state index in [1.54, 1.807) is 0 Å². The lowest BCUT2D eigenvalue weighted by Crippen LogP contribution is -2.23. The molecule has 0 spiro atoms. The zero-order chi connectivity index (χ0) is 15.2. The normalized spacial score (nSPS) is 12.0. The van der Waals surface area contributed by atoms with E-state index in [0.29, 0.717) is 0 Å². The maximum atomic E-state index is 4.53. The molecule has 3 aromatic rings. The highest BCUT2D eigenvalue weighted by Gasteiger charge is 2.17. The fraction of sp³-hybridized carbons (Fsp3) is 0.105. The van der Waals surface area contributed by atoms with Gasteiger partial charge in [-0.25, -0.2) is 0 Å². The number of pyridine rings is 1. The molecule has 2 nitrogen and oxygen atoms in total. The largest absolute Gasteiger partial charge is 0.301 e. The van der Waals surface area contributed by atoms with Crippen LogP contribution < -0.4 is 5.32 Å². The summed E-state index contributed by atoms with van der Waals surface area (Å²) in [6, 6.07) is 24.8. The van der Waals surface area contributed by atoms with Crippen molar-refractivity contribution in [2.24, 2.45) is 0 Å². The Balaban J connectivity index is 1.89. The fourth-order valence-electron chi connectivity index (χ4n) is 2.45. The standard InChI is InChI=1S/C19H17BrN2/c20-17-11-5-4-10-16(17)19(18-12-6-7-13-21-18)22-14-15-8-2-1-3-9-15/h1-13,19,22H,14H2/t19-/m0/s1. The summed E-state index contributed by atoms with van der Waals surface area (Å²) in [5.41, 5.74) is 3.47. The molecule has 0 bridgehead atoms. The molecule has 0 aliphatic rings. The first kappa shape index (κ1) is 14.9. The van der Waals surface area contributed by atoms with Crippen molar-refractivity contribution in [3.8, 4) is 0 Å². The minimum absolute atomic E-state index is 0.0528. The summed E-state index contributed by atoms with van der Waals surface area (Å²) in [6.07, 6.45) is 1.84. The van der Waals surface area contributed by atoms with E-state index in [-0.39, 0.29) is 6.04 Å². The summed E-state index contributed by atoms with van der Waals surface area (Å²) in [4.78, 5) is 4.53. The average Bonchev–Trinajstić information content (AvgIpc) is 2.58. The van der Waals surface area contributed by atoms with Gasteiger partial charge in [0.25, 0.3) is 0 Å². The lowest BCUT2D eigenvalue weighted by atomic mass is 10.0. The van der Waals surface area contributed by atoms with E-state index in [1.165, 1.54) is 11.1 Å². The Morgan fingerprint density at radius 3 is 2.32 bits per heavy atom. The number of halogens is 1. The van der Waals surface area contributed by atoms with Crippen LogP contribution in [0.2, 0.25) is 0 Å². The highest BCUT2D eigenvalue weighted by atomic mass is 79.9. The van der Waals surface area contributed by atoms with Gasteiger partial charge in [-0.2, -0.15) is 0 Å². The van der Waals surface area contributed by atoms with Crippen molar-refractivity contribution in [3.63, 3.8) is 0 Å². The number of hydrogen-bond acceptors (Lipinski definition) is 2. The zero-order valence-electron chi connectivity index (χ0n) is 12.1. The van der Waals surface area contributed by atoms with Crippen LogP contribution in [0.4, 0.5) is 0 Å². The van der Waals surface area contributed by atoms with Gasteiger partial charge in [0, 0.05) is 17.2 Å². The second-order valence-corrected chi connectivity index (χ2v) is 5.93. The third-order valence-corrected chi connectivity index (χ3v) is 4.28. The molecule has 0 amide bonds. The molecule has 0 unspecified atom stereocenters. The van der Waals surface area contributed by atoms with E-state index < -0.39 is 0 Å². The molecular weight excluding hydrogens is 336 g/mol. The van der Waals surface area contributed by atoms with Crippen molar-refractivity contribution in [2.45, 2.75) is 12.6 Å². The van der Waals surface area contributed by atoms with Crippen molar-refractivity contribution >= 4 is 15.9 Å². The highest BCUT2D eigenvalue weighted by molar-refractivity contribution is 9.10. The third-order valence-electron chi connectivity index (χ3n) is 3.55. The summed E-state index contributed by atoms with van der Waals surface area (Å²) >= 11 is 3.65. The zero-order valence-corrected chi connectivity index (χ0v) is 13.7. The first-order valence-electron chi connectivity index (χ1n) is 7.27. The first-order valence-corrected chi connectivity index (χ1v) is 8.06. The Labute approximate surface area is 139 Å². The summed E-state index contributed by atoms with van der Waals surface area (Å²) in [5, 5.41) is 3.62. The van der Waals surface area contributed by atoms with Crippen molar-refractivity contribution in [2.75, 3.05) is 0 Å². The van der Waals surface area contributed by atoms with Gasteiger partial charge >= 0.3 is 0 Å². The van der Waals surface area contributed by atoms with Crippen LogP contribution in [-0.2, 0) is 6.54 Å². The van der Waals surface area contributed by atoms with Crippen molar-refractivity contribution in [1.82, 2.24) is 10.3 Å². The smallest absolute Gasteiger partial charge is 0.0764 e. The number of hydrogen-bond donors (Lipinski definition) is 1. The topological polar surface area (TPSA) is 24.9 Å². The van der Waals surface area contributed by atoms with E-state index in [2.05, 4.69) is 74.8 Å². The van der Waals surface area contributed by atoms with Crippen LogP contribution in [0.5, 0.6) is 0 Å². The minimum atomic E-state index is 0.0528. The Morgan fingerprint density at radius 2 is 1.59 bits per heavy atom. The molecule has 0 aliphatic carbocycles. The first-order chi connectivity index (χ1) is 10.8. The Kier molecular flexibility index (Phi) is 4.99. The van der Waals surface area contributed by atoms with E-state index >= 15 is 0 Å². The fourth-order valence-corrected chi connectivity index (χ4v) is 2.96. The number of benzene rings is 2. The van der Waals surface area contributed by atoms with Gasteiger partial charge in [-0.15, -0.1) is 0 Å². The minimum Gasteiger partial charge on any atom is -0.301 e. The van der Waals surface area contributed by atoms with Crippen LogP contribution in [0.3, 0.4) is 0 Å². The van der Waals surface area contributed by atoms with Gasteiger partial charge < -0.3 is 5.32 Å². The number of rotatable bonds is 5. The molecule has 0 fully saturated rings. The third kappa shape index (κ3) is 3.62. The monoisotopic (exact) mass is 352 g/mol. The van der Waals surface area contributed by atoms with Gasteiger partial charge in [0.1, 0.15) is 0 Å². The van der Waals surface area contributed by atoms with E-state index in [1.807, 2.05) is 30.5 Å². The summed E-state index contributed by atoms with van der Waals surface area (Å²) in [7, 11) is 0. The van der Waals surface area contributed by atoms with Crippen molar-refractivity contribution in [3.05, 3.63) is 100 Å². The molecule has 1 N–H and O–H groups in total. The lowest BCUT2D eigenvalue weighted by Gasteiger charge is -2.20. The second kappa shape index (κ2) is 7.34. The molecule has 1 heterocycles. The Morgan fingerprint density at radius 1 is 0.864 bits per heavy atom. The Hall–Kier alpha value is -1.97. The van der Waals surface area contributed by atoms with Crippen LogP contribution in [0.25, 0.3) is 0 Å². The Bertz CT molecular complexity index is 714. The van der Waals surface area contributed by atoms with Gasteiger partial charge in [-0.1, -0.05) is 70.5 Å². The molecular formula is C19H17BrN2. The highest BCUT2D eigenvalue weighted by Crippen LogP contribution is 2.27. The molecule has 3 heteroatoms. The van der Waals surface area contributed by atoms with Gasteiger partial charge in [-0.05, 0) is 29.3 Å². The predicted octanol–water partition coefficient (Wildman–Crippen LogP) is 4.72. The van der Waals surface area contributed by atoms with E-state index in [4.69, 9.17) is 0 Å². The summed E-state index contributed by atoms with van der Waals surface area (Å²) < 4.78 is 1.09. The molecule has 1 aromatic heterocycles. The number of aromatic nitrogens is 1. The lowest BCUT2D eigenvalue weighted by molar-refractivity contribution is 0.590. The molecule has 110 valence electrons. The van der Waals surface area contributed by atoms with Gasteiger partial charge in [-0.3, -0.25) is 4.98 Å².